The van der Waals surface area contributed by atoms with Crippen LogP contribution in [0.2, 0.25) is 0 Å². The molecule has 2 N–H and O–H groups in total. The second-order valence-electron chi connectivity index (χ2n) is 4.05. The minimum absolute atomic E-state index is 0.268. The molecule has 1 aromatic heterocycles. The van der Waals surface area contributed by atoms with Crippen molar-refractivity contribution in [1.29, 1.82) is 0 Å². The summed E-state index contributed by atoms with van der Waals surface area (Å²) in [5, 5.41) is 0. The molecule has 96 valence electrons. The lowest BCUT2D eigenvalue weighted by molar-refractivity contribution is 0.267. The van der Waals surface area contributed by atoms with Crippen LogP contribution in [-0.2, 0) is 6.61 Å². The predicted octanol–water partition coefficient (Wildman–Crippen LogP) is 3.75. The number of halogens is 1. The third kappa shape index (κ3) is 2.56. The van der Waals surface area contributed by atoms with Gasteiger partial charge in [-0.15, -0.1) is 0 Å². The van der Waals surface area contributed by atoms with Gasteiger partial charge in [-0.2, -0.15) is 0 Å². The predicted molar refractivity (Wildman–Crippen MR) is 76.9 cm³/mol. The van der Waals surface area contributed by atoms with E-state index in [0.717, 1.165) is 10.2 Å². The molecule has 0 aliphatic heterocycles. The molecule has 19 heavy (non-hydrogen) atoms. The van der Waals surface area contributed by atoms with Crippen molar-refractivity contribution in [3.63, 3.8) is 0 Å². The van der Waals surface area contributed by atoms with Crippen molar-refractivity contribution in [3.8, 4) is 5.75 Å². The van der Waals surface area contributed by atoms with Crippen LogP contribution in [0.5, 0.6) is 5.75 Å². The summed E-state index contributed by atoms with van der Waals surface area (Å²) < 4.78 is 12.2. The van der Waals surface area contributed by atoms with Crippen molar-refractivity contribution in [2.45, 2.75) is 6.61 Å². The van der Waals surface area contributed by atoms with Crippen LogP contribution in [0.25, 0.3) is 11.1 Å². The summed E-state index contributed by atoms with van der Waals surface area (Å²) in [5.41, 5.74) is 7.78. The highest BCUT2D eigenvalue weighted by Gasteiger charge is 2.08. The first kappa shape index (κ1) is 12.0. The molecule has 0 fully saturated rings. The van der Waals surface area contributed by atoms with E-state index in [1.54, 1.807) is 6.07 Å². The number of fused-ring (bicyclic) bond motifs is 1. The van der Waals surface area contributed by atoms with E-state index in [4.69, 9.17) is 14.9 Å². The monoisotopic (exact) mass is 318 g/mol. The Labute approximate surface area is 118 Å². The summed E-state index contributed by atoms with van der Waals surface area (Å²) in [6.07, 6.45) is 0. The number of hydrogen-bond donors (Lipinski definition) is 1. The van der Waals surface area contributed by atoms with E-state index in [0.29, 0.717) is 22.7 Å². The normalized spacial score (nSPS) is 10.8. The minimum atomic E-state index is 0.268. The molecule has 3 rings (SSSR count). The molecule has 0 unspecified atom stereocenters. The third-order valence-corrected chi connectivity index (χ3v) is 3.15. The van der Waals surface area contributed by atoms with Gasteiger partial charge in [-0.25, -0.2) is 4.98 Å². The van der Waals surface area contributed by atoms with E-state index < -0.39 is 0 Å². The number of oxazole rings is 1. The highest BCUT2D eigenvalue weighted by Crippen LogP contribution is 2.23. The van der Waals surface area contributed by atoms with Gasteiger partial charge in [-0.1, -0.05) is 28.1 Å². The Bertz CT molecular complexity index is 724. The number of rotatable bonds is 3. The summed E-state index contributed by atoms with van der Waals surface area (Å²) in [4.78, 5) is 4.32. The topological polar surface area (TPSA) is 61.3 Å². The molecule has 0 radical (unpaired) electrons. The molecule has 4 nitrogen and oxygen atoms in total. The van der Waals surface area contributed by atoms with Gasteiger partial charge in [0.15, 0.2) is 12.2 Å². The molecule has 5 heteroatoms. The van der Waals surface area contributed by atoms with Gasteiger partial charge in [-0.05, 0) is 30.3 Å². The van der Waals surface area contributed by atoms with Gasteiger partial charge in [-0.3, -0.25) is 0 Å². The molecule has 3 aromatic rings. The second-order valence-corrected chi connectivity index (χ2v) is 4.96. The zero-order valence-electron chi connectivity index (χ0n) is 9.97. The van der Waals surface area contributed by atoms with Crippen molar-refractivity contribution < 1.29 is 9.15 Å². The van der Waals surface area contributed by atoms with Gasteiger partial charge >= 0.3 is 0 Å². The summed E-state index contributed by atoms with van der Waals surface area (Å²) >= 11 is 3.39. The fourth-order valence-corrected chi connectivity index (χ4v) is 2.16. The molecule has 0 spiro atoms. The van der Waals surface area contributed by atoms with Crippen molar-refractivity contribution in [2.75, 3.05) is 5.73 Å². The van der Waals surface area contributed by atoms with E-state index in [9.17, 15) is 0 Å². The Morgan fingerprint density at radius 2 is 2.05 bits per heavy atom. The zero-order valence-corrected chi connectivity index (χ0v) is 11.6. The molecular weight excluding hydrogens is 308 g/mol. The number of nitrogen functional groups attached to an aromatic ring is 1. The molecule has 1 heterocycles. The van der Waals surface area contributed by atoms with Crippen molar-refractivity contribution in [3.05, 3.63) is 52.8 Å². The molecular formula is C14H11BrN2O2. The molecule has 0 aliphatic carbocycles. The van der Waals surface area contributed by atoms with E-state index in [1.807, 2.05) is 36.4 Å². The zero-order chi connectivity index (χ0) is 13.2. The molecule has 0 saturated carbocycles. The lowest BCUT2D eigenvalue weighted by Gasteiger charge is -2.03. The average Bonchev–Trinajstić information content (AvgIpc) is 2.81. The van der Waals surface area contributed by atoms with Crippen LogP contribution in [0.1, 0.15) is 5.89 Å². The van der Waals surface area contributed by atoms with Crippen LogP contribution in [0.3, 0.4) is 0 Å². The summed E-state index contributed by atoms with van der Waals surface area (Å²) in [5.74, 6) is 1.26. The van der Waals surface area contributed by atoms with Crippen molar-refractivity contribution in [2.24, 2.45) is 0 Å². The maximum Gasteiger partial charge on any atom is 0.233 e. The summed E-state index contributed by atoms with van der Waals surface area (Å²) in [6, 6.07) is 13.1. The third-order valence-electron chi connectivity index (χ3n) is 2.65. The number of hydrogen-bond acceptors (Lipinski definition) is 4. The highest BCUT2D eigenvalue weighted by atomic mass is 79.9. The molecule has 0 amide bonds. The van der Waals surface area contributed by atoms with Gasteiger partial charge in [0.05, 0.1) is 5.69 Å². The Hall–Kier alpha value is -2.01. The van der Waals surface area contributed by atoms with Crippen LogP contribution >= 0.6 is 15.9 Å². The molecule has 0 saturated heterocycles. The Morgan fingerprint density at radius 3 is 2.84 bits per heavy atom. The molecule has 0 aliphatic rings. The van der Waals surface area contributed by atoms with Crippen LogP contribution in [-0.4, -0.2) is 4.98 Å². The quantitative estimate of drug-likeness (QED) is 0.747. The molecule has 0 atom stereocenters. The first-order valence-electron chi connectivity index (χ1n) is 5.74. The standard InChI is InChI=1S/C14H11BrN2O2/c15-9-3-1-4-10(7-9)18-8-13-17-14-11(16)5-2-6-12(14)19-13/h1-7H,8,16H2. The maximum atomic E-state index is 5.83. The van der Waals surface area contributed by atoms with Crippen LogP contribution < -0.4 is 10.5 Å². The number of ether oxygens (including phenoxy) is 1. The van der Waals surface area contributed by atoms with Gasteiger partial charge in [0, 0.05) is 4.47 Å². The highest BCUT2D eigenvalue weighted by molar-refractivity contribution is 9.10. The van der Waals surface area contributed by atoms with E-state index >= 15 is 0 Å². The SMILES string of the molecule is Nc1cccc2oc(COc3cccc(Br)c3)nc12. The first-order chi connectivity index (χ1) is 9.22. The lowest BCUT2D eigenvalue weighted by atomic mass is 10.3. The number of aromatic nitrogens is 1. The van der Waals surface area contributed by atoms with E-state index in [-0.39, 0.29) is 6.61 Å². The summed E-state index contributed by atoms with van der Waals surface area (Å²) in [7, 11) is 0. The molecule has 0 bridgehead atoms. The number of benzene rings is 2. The number of nitrogens with two attached hydrogens (primary N) is 1. The Balaban J connectivity index is 1.80. The van der Waals surface area contributed by atoms with E-state index in [1.165, 1.54) is 0 Å². The van der Waals surface area contributed by atoms with Crippen LogP contribution in [0.15, 0.2) is 51.4 Å². The van der Waals surface area contributed by atoms with Gasteiger partial charge in [0.1, 0.15) is 11.3 Å². The Kier molecular flexibility index (Phi) is 3.13. The smallest absolute Gasteiger partial charge is 0.233 e. The minimum Gasteiger partial charge on any atom is -0.484 e. The van der Waals surface area contributed by atoms with E-state index in [2.05, 4.69) is 20.9 Å². The number of anilines is 1. The summed E-state index contributed by atoms with van der Waals surface area (Å²) in [6.45, 7) is 0.268. The fraction of sp³-hybridized carbons (Fsp3) is 0.0714. The second kappa shape index (κ2) is 4.93. The van der Waals surface area contributed by atoms with Crippen LogP contribution in [0.4, 0.5) is 5.69 Å². The van der Waals surface area contributed by atoms with Gasteiger partial charge in [0.25, 0.3) is 0 Å². The van der Waals surface area contributed by atoms with Crippen molar-refractivity contribution in [1.82, 2.24) is 4.98 Å². The lowest BCUT2D eigenvalue weighted by Crippen LogP contribution is -1.95. The average molecular weight is 319 g/mol. The van der Waals surface area contributed by atoms with Crippen molar-refractivity contribution >= 4 is 32.7 Å². The number of nitrogens with zero attached hydrogens (tertiary/aromatic N) is 1. The molecule has 2 aromatic carbocycles. The van der Waals surface area contributed by atoms with Crippen LogP contribution in [0, 0.1) is 0 Å². The fourth-order valence-electron chi connectivity index (χ4n) is 1.78. The Morgan fingerprint density at radius 1 is 1.21 bits per heavy atom. The largest absolute Gasteiger partial charge is 0.484 e. The maximum absolute atomic E-state index is 5.83. The van der Waals surface area contributed by atoms with Gasteiger partial charge in [0.2, 0.25) is 5.89 Å². The number of para-hydroxylation sites is 1. The van der Waals surface area contributed by atoms with Gasteiger partial charge < -0.3 is 14.9 Å². The first-order valence-corrected chi connectivity index (χ1v) is 6.54.